The van der Waals surface area contributed by atoms with Crippen molar-refractivity contribution >= 4 is 29.0 Å². The van der Waals surface area contributed by atoms with Crippen LogP contribution in [0.4, 0.5) is 0 Å². The summed E-state index contributed by atoms with van der Waals surface area (Å²) in [5, 5.41) is 23.3. The van der Waals surface area contributed by atoms with E-state index in [1.165, 1.54) is 11.8 Å². The SMILES string of the molecule is CC(Sc1nnc(-c2cccs2)n1C)C(=O)NC1(C#N)CCCCC1. The summed E-state index contributed by atoms with van der Waals surface area (Å²) in [4.78, 5) is 13.6. The quantitative estimate of drug-likeness (QED) is 0.810. The predicted octanol–water partition coefficient (Wildman–Crippen LogP) is 3.37. The normalized spacial score (nSPS) is 17.6. The minimum absolute atomic E-state index is 0.117. The average Bonchev–Trinajstić information content (AvgIpc) is 3.26. The zero-order valence-corrected chi connectivity index (χ0v) is 16.0. The standard InChI is InChI=1S/C17H21N5OS2/c1-12(15(23)19-17(11-18)8-4-3-5-9-17)25-16-21-20-14(22(16)2)13-7-6-10-24-13/h6-7,10,12H,3-5,8-9H2,1-2H3,(H,19,23). The molecule has 0 radical (unpaired) electrons. The third-order valence-corrected chi connectivity index (χ3v) is 6.51. The van der Waals surface area contributed by atoms with Crippen molar-refractivity contribution in [3.05, 3.63) is 17.5 Å². The van der Waals surface area contributed by atoms with E-state index in [9.17, 15) is 10.1 Å². The number of nitrogens with one attached hydrogen (secondary N) is 1. The van der Waals surface area contributed by atoms with Gasteiger partial charge in [0.1, 0.15) is 5.54 Å². The van der Waals surface area contributed by atoms with Gasteiger partial charge in [-0.25, -0.2) is 0 Å². The molecule has 1 saturated carbocycles. The smallest absolute Gasteiger partial charge is 0.234 e. The molecule has 1 N–H and O–H groups in total. The molecular weight excluding hydrogens is 354 g/mol. The molecule has 2 heterocycles. The topological polar surface area (TPSA) is 83.6 Å². The van der Waals surface area contributed by atoms with Gasteiger partial charge in [0.25, 0.3) is 0 Å². The van der Waals surface area contributed by atoms with Gasteiger partial charge in [0.15, 0.2) is 11.0 Å². The molecule has 2 aromatic heterocycles. The van der Waals surface area contributed by atoms with Crippen molar-refractivity contribution in [2.24, 2.45) is 7.05 Å². The highest BCUT2D eigenvalue weighted by Crippen LogP contribution is 2.30. The zero-order valence-electron chi connectivity index (χ0n) is 14.4. The molecule has 0 aromatic carbocycles. The Kier molecular flexibility index (Phi) is 5.45. The molecule has 2 aromatic rings. The van der Waals surface area contributed by atoms with Gasteiger partial charge in [0, 0.05) is 7.05 Å². The molecule has 0 bridgehead atoms. The number of hydrogen-bond donors (Lipinski definition) is 1. The number of amides is 1. The van der Waals surface area contributed by atoms with Crippen molar-refractivity contribution in [2.45, 2.75) is 55.0 Å². The van der Waals surface area contributed by atoms with Crippen molar-refractivity contribution in [2.75, 3.05) is 0 Å². The molecular formula is C17H21N5OS2. The number of carbonyl (C=O) groups excluding carboxylic acids is 1. The number of hydrogen-bond acceptors (Lipinski definition) is 6. The molecule has 132 valence electrons. The maximum absolute atomic E-state index is 12.6. The Bertz CT molecular complexity index is 772. The van der Waals surface area contributed by atoms with E-state index >= 15 is 0 Å². The number of aromatic nitrogens is 3. The number of thiophene rings is 1. The first kappa shape index (κ1) is 18.0. The zero-order chi connectivity index (χ0) is 17.9. The molecule has 1 unspecified atom stereocenters. The van der Waals surface area contributed by atoms with Crippen LogP contribution in [0.3, 0.4) is 0 Å². The predicted molar refractivity (Wildman–Crippen MR) is 99.2 cm³/mol. The molecule has 1 amide bonds. The van der Waals surface area contributed by atoms with E-state index in [1.807, 2.05) is 36.1 Å². The maximum atomic E-state index is 12.6. The van der Waals surface area contributed by atoms with Gasteiger partial charge in [0.2, 0.25) is 5.91 Å². The molecule has 1 aliphatic rings. The Balaban J connectivity index is 1.67. The highest BCUT2D eigenvalue weighted by atomic mass is 32.2. The van der Waals surface area contributed by atoms with Crippen LogP contribution in [0.1, 0.15) is 39.0 Å². The van der Waals surface area contributed by atoms with E-state index in [0.29, 0.717) is 5.16 Å². The lowest BCUT2D eigenvalue weighted by atomic mass is 9.83. The van der Waals surface area contributed by atoms with Crippen molar-refractivity contribution < 1.29 is 4.79 Å². The van der Waals surface area contributed by atoms with Crippen molar-refractivity contribution in [3.8, 4) is 16.8 Å². The summed E-state index contributed by atoms with van der Waals surface area (Å²) >= 11 is 2.97. The molecule has 3 rings (SSSR count). The summed E-state index contributed by atoms with van der Waals surface area (Å²) in [6, 6.07) is 6.30. The number of nitriles is 1. The molecule has 1 fully saturated rings. The summed E-state index contributed by atoms with van der Waals surface area (Å²) in [7, 11) is 1.90. The van der Waals surface area contributed by atoms with Gasteiger partial charge in [-0.05, 0) is 31.2 Å². The second kappa shape index (κ2) is 7.58. The fourth-order valence-electron chi connectivity index (χ4n) is 3.01. The summed E-state index contributed by atoms with van der Waals surface area (Å²) in [6.45, 7) is 1.84. The van der Waals surface area contributed by atoms with Gasteiger partial charge in [-0.1, -0.05) is 37.1 Å². The Hall–Kier alpha value is -1.85. The second-order valence-corrected chi connectivity index (χ2v) is 8.60. The number of rotatable bonds is 5. The number of carbonyl (C=O) groups is 1. The van der Waals surface area contributed by atoms with Crippen molar-refractivity contribution in [1.82, 2.24) is 20.1 Å². The largest absolute Gasteiger partial charge is 0.337 e. The van der Waals surface area contributed by atoms with Gasteiger partial charge in [-0.3, -0.25) is 4.79 Å². The van der Waals surface area contributed by atoms with Gasteiger partial charge >= 0.3 is 0 Å². The third-order valence-electron chi connectivity index (χ3n) is 4.51. The lowest BCUT2D eigenvalue weighted by Gasteiger charge is -2.32. The Morgan fingerprint density at radius 2 is 2.20 bits per heavy atom. The summed E-state index contributed by atoms with van der Waals surface area (Å²) in [5.41, 5.74) is -0.702. The fraction of sp³-hybridized carbons (Fsp3) is 0.529. The Morgan fingerprint density at radius 1 is 1.44 bits per heavy atom. The first-order valence-electron chi connectivity index (χ1n) is 8.38. The van der Waals surface area contributed by atoms with Crippen molar-refractivity contribution in [3.63, 3.8) is 0 Å². The second-order valence-electron chi connectivity index (χ2n) is 6.35. The Morgan fingerprint density at radius 3 is 2.84 bits per heavy atom. The van der Waals surface area contributed by atoms with Crippen LogP contribution in [-0.2, 0) is 11.8 Å². The molecule has 0 saturated heterocycles. The molecule has 1 atom stereocenters. The van der Waals surface area contributed by atoms with E-state index < -0.39 is 5.54 Å². The Labute approximate surface area is 155 Å². The fourth-order valence-corrected chi connectivity index (χ4v) is 4.57. The van der Waals surface area contributed by atoms with Gasteiger partial charge in [0.05, 0.1) is 16.2 Å². The third kappa shape index (κ3) is 3.88. The molecule has 0 aliphatic heterocycles. The minimum atomic E-state index is -0.702. The van der Waals surface area contributed by atoms with E-state index in [-0.39, 0.29) is 11.2 Å². The lowest BCUT2D eigenvalue weighted by Crippen LogP contribution is -2.50. The first-order valence-corrected chi connectivity index (χ1v) is 10.1. The monoisotopic (exact) mass is 375 g/mol. The highest BCUT2D eigenvalue weighted by Gasteiger charge is 2.35. The molecule has 6 nitrogen and oxygen atoms in total. The van der Waals surface area contributed by atoms with Crippen molar-refractivity contribution in [1.29, 1.82) is 5.26 Å². The van der Waals surface area contributed by atoms with Crippen LogP contribution in [0.5, 0.6) is 0 Å². The van der Waals surface area contributed by atoms with Crippen LogP contribution >= 0.6 is 23.1 Å². The maximum Gasteiger partial charge on any atom is 0.234 e. The van der Waals surface area contributed by atoms with Crippen LogP contribution in [-0.4, -0.2) is 31.5 Å². The summed E-state index contributed by atoms with van der Waals surface area (Å²) < 4.78 is 1.90. The van der Waals surface area contributed by atoms with Crippen LogP contribution in [0.15, 0.2) is 22.7 Å². The van der Waals surface area contributed by atoms with Gasteiger partial charge < -0.3 is 9.88 Å². The molecule has 1 aliphatic carbocycles. The first-order chi connectivity index (χ1) is 12.0. The lowest BCUT2D eigenvalue weighted by molar-refractivity contribution is -0.121. The van der Waals surface area contributed by atoms with E-state index in [1.54, 1.807) is 11.3 Å². The minimum Gasteiger partial charge on any atom is -0.337 e. The summed E-state index contributed by atoms with van der Waals surface area (Å²) in [5.74, 6) is 0.681. The number of thioether (sulfide) groups is 1. The van der Waals surface area contributed by atoms with Crippen LogP contribution in [0.25, 0.3) is 10.7 Å². The van der Waals surface area contributed by atoms with Gasteiger partial charge in [-0.2, -0.15) is 5.26 Å². The molecule has 25 heavy (non-hydrogen) atoms. The van der Waals surface area contributed by atoms with E-state index in [2.05, 4.69) is 21.6 Å². The average molecular weight is 376 g/mol. The summed E-state index contributed by atoms with van der Waals surface area (Å²) in [6.07, 6.45) is 4.58. The van der Waals surface area contributed by atoms with Crippen LogP contribution in [0.2, 0.25) is 0 Å². The van der Waals surface area contributed by atoms with E-state index in [4.69, 9.17) is 0 Å². The van der Waals surface area contributed by atoms with Crippen LogP contribution in [0, 0.1) is 11.3 Å². The van der Waals surface area contributed by atoms with Crippen LogP contribution < -0.4 is 5.32 Å². The highest BCUT2D eigenvalue weighted by molar-refractivity contribution is 8.00. The molecule has 0 spiro atoms. The molecule has 8 heteroatoms. The number of nitrogens with zero attached hydrogens (tertiary/aromatic N) is 4. The van der Waals surface area contributed by atoms with E-state index in [0.717, 1.165) is 42.8 Å². The van der Waals surface area contributed by atoms with Gasteiger partial charge in [-0.15, -0.1) is 21.5 Å².